The van der Waals surface area contributed by atoms with Crippen molar-refractivity contribution < 1.29 is 22.8 Å². The average Bonchev–Trinajstić information content (AvgIpc) is 2.66. The number of unbranched alkanes of at least 4 members (excludes halogenated alkanes) is 7. The van der Waals surface area contributed by atoms with E-state index in [1.54, 1.807) is 24.3 Å². The summed E-state index contributed by atoms with van der Waals surface area (Å²) in [5, 5.41) is 9.93. The predicted octanol–water partition coefficient (Wildman–Crippen LogP) is 6.11. The SMILES string of the molecule is CCCCCCCCCCc1ccc(S(=O)(=O)O)cc1Oc1ccccc1O. The number of phenols is 1. The second kappa shape index (κ2) is 11.1. The molecule has 0 saturated carbocycles. The molecule has 0 amide bonds. The zero-order valence-corrected chi connectivity index (χ0v) is 17.2. The molecule has 28 heavy (non-hydrogen) atoms. The van der Waals surface area contributed by atoms with E-state index < -0.39 is 10.1 Å². The highest BCUT2D eigenvalue weighted by molar-refractivity contribution is 7.85. The molecule has 0 aliphatic rings. The van der Waals surface area contributed by atoms with Crippen molar-refractivity contribution in [3.8, 4) is 17.2 Å². The molecule has 0 aromatic heterocycles. The van der Waals surface area contributed by atoms with E-state index in [1.807, 2.05) is 0 Å². The summed E-state index contributed by atoms with van der Waals surface area (Å²) in [7, 11) is -4.33. The van der Waals surface area contributed by atoms with Crippen LogP contribution in [0.1, 0.15) is 63.9 Å². The summed E-state index contributed by atoms with van der Waals surface area (Å²) in [5.74, 6) is 0.546. The van der Waals surface area contributed by atoms with E-state index in [2.05, 4.69) is 6.92 Å². The number of benzene rings is 2. The van der Waals surface area contributed by atoms with E-state index in [0.29, 0.717) is 5.75 Å². The van der Waals surface area contributed by atoms with Crippen molar-refractivity contribution in [3.63, 3.8) is 0 Å². The van der Waals surface area contributed by atoms with Crippen LogP contribution in [0.15, 0.2) is 47.4 Å². The molecular formula is C22H30O5S. The van der Waals surface area contributed by atoms with Crippen LogP contribution in [-0.2, 0) is 16.5 Å². The topological polar surface area (TPSA) is 83.8 Å². The Morgan fingerprint density at radius 3 is 2.14 bits per heavy atom. The molecule has 0 unspecified atom stereocenters. The molecule has 0 fully saturated rings. The van der Waals surface area contributed by atoms with Crippen LogP contribution in [0.5, 0.6) is 17.2 Å². The third-order valence-electron chi connectivity index (χ3n) is 4.72. The standard InChI is InChI=1S/C22H30O5S/c1-2-3-4-5-6-7-8-9-12-18-15-16-19(28(24,25)26)17-22(18)27-21-14-11-10-13-20(21)23/h10-11,13-17,23H,2-9,12H2,1H3,(H,24,25,26). The first-order valence-corrected chi connectivity index (χ1v) is 11.4. The van der Waals surface area contributed by atoms with Crippen LogP contribution in [0.3, 0.4) is 0 Å². The minimum absolute atomic E-state index is 0.0298. The Morgan fingerprint density at radius 1 is 0.857 bits per heavy atom. The molecule has 0 aliphatic carbocycles. The molecule has 0 spiro atoms. The van der Waals surface area contributed by atoms with Crippen molar-refractivity contribution in [1.82, 2.24) is 0 Å². The molecular weight excluding hydrogens is 376 g/mol. The van der Waals surface area contributed by atoms with Crippen molar-refractivity contribution >= 4 is 10.1 Å². The number of hydrogen-bond acceptors (Lipinski definition) is 4. The number of aromatic hydroxyl groups is 1. The maximum Gasteiger partial charge on any atom is 0.294 e. The number of phenolic OH excluding ortho intramolecular Hbond substituents is 1. The molecule has 0 saturated heterocycles. The van der Waals surface area contributed by atoms with Gasteiger partial charge in [0.15, 0.2) is 11.5 Å². The highest BCUT2D eigenvalue weighted by Crippen LogP contribution is 2.34. The summed E-state index contributed by atoms with van der Waals surface area (Å²) < 4.78 is 38.0. The monoisotopic (exact) mass is 406 g/mol. The molecule has 6 heteroatoms. The Morgan fingerprint density at radius 2 is 1.50 bits per heavy atom. The molecule has 2 aromatic rings. The summed E-state index contributed by atoms with van der Waals surface area (Å²) >= 11 is 0. The highest BCUT2D eigenvalue weighted by atomic mass is 32.2. The lowest BCUT2D eigenvalue weighted by Crippen LogP contribution is -2.01. The van der Waals surface area contributed by atoms with Crippen LogP contribution >= 0.6 is 0 Å². The smallest absolute Gasteiger partial charge is 0.294 e. The van der Waals surface area contributed by atoms with Crippen molar-refractivity contribution in [1.29, 1.82) is 0 Å². The number of hydrogen-bond donors (Lipinski definition) is 2. The normalized spacial score (nSPS) is 11.5. The molecule has 0 heterocycles. The van der Waals surface area contributed by atoms with Gasteiger partial charge in [0.05, 0.1) is 4.90 Å². The van der Waals surface area contributed by atoms with Gasteiger partial charge >= 0.3 is 0 Å². The van der Waals surface area contributed by atoms with Gasteiger partial charge in [0, 0.05) is 6.07 Å². The van der Waals surface area contributed by atoms with Gasteiger partial charge in [-0.1, -0.05) is 70.1 Å². The van der Waals surface area contributed by atoms with Gasteiger partial charge in [-0.3, -0.25) is 4.55 Å². The molecule has 2 rings (SSSR count). The van der Waals surface area contributed by atoms with E-state index in [0.717, 1.165) is 24.8 Å². The lowest BCUT2D eigenvalue weighted by Gasteiger charge is -2.13. The molecule has 0 radical (unpaired) electrons. The Bertz CT molecular complexity index is 846. The summed E-state index contributed by atoms with van der Waals surface area (Å²) in [6.07, 6.45) is 10.4. The summed E-state index contributed by atoms with van der Waals surface area (Å²) in [4.78, 5) is -0.224. The summed E-state index contributed by atoms with van der Waals surface area (Å²) in [5.41, 5.74) is 0.849. The second-order valence-electron chi connectivity index (χ2n) is 7.04. The van der Waals surface area contributed by atoms with Gasteiger partial charge in [-0.05, 0) is 36.6 Å². The van der Waals surface area contributed by atoms with E-state index in [9.17, 15) is 18.1 Å². The minimum atomic E-state index is -4.33. The third kappa shape index (κ3) is 7.17. The van der Waals surface area contributed by atoms with Gasteiger partial charge in [-0.2, -0.15) is 8.42 Å². The zero-order valence-electron chi connectivity index (χ0n) is 16.4. The van der Waals surface area contributed by atoms with E-state index >= 15 is 0 Å². The molecule has 0 aliphatic heterocycles. The minimum Gasteiger partial charge on any atom is -0.504 e. The fraction of sp³-hybridized carbons (Fsp3) is 0.455. The lowest BCUT2D eigenvalue weighted by molar-refractivity contribution is 0.407. The Balaban J connectivity index is 2.03. The third-order valence-corrected chi connectivity index (χ3v) is 5.57. The van der Waals surface area contributed by atoms with Crippen LogP contribution < -0.4 is 4.74 Å². The van der Waals surface area contributed by atoms with E-state index in [1.165, 1.54) is 56.7 Å². The first-order chi connectivity index (χ1) is 13.4. The van der Waals surface area contributed by atoms with Gasteiger partial charge in [-0.15, -0.1) is 0 Å². The molecule has 0 atom stereocenters. The maximum atomic E-state index is 11.5. The fourth-order valence-electron chi connectivity index (χ4n) is 3.11. The zero-order chi connectivity index (χ0) is 20.4. The highest BCUT2D eigenvalue weighted by Gasteiger charge is 2.15. The van der Waals surface area contributed by atoms with Crippen molar-refractivity contribution in [2.75, 3.05) is 0 Å². The molecule has 2 N–H and O–H groups in total. The number of para-hydroxylation sites is 2. The van der Waals surface area contributed by atoms with Crippen molar-refractivity contribution in [2.45, 2.75) is 69.6 Å². The lowest BCUT2D eigenvalue weighted by atomic mass is 10.0. The van der Waals surface area contributed by atoms with Gasteiger partial charge in [0.2, 0.25) is 0 Å². The number of ether oxygens (including phenoxy) is 1. The van der Waals surface area contributed by atoms with Crippen molar-refractivity contribution in [2.24, 2.45) is 0 Å². The second-order valence-corrected chi connectivity index (χ2v) is 8.46. The first-order valence-electron chi connectivity index (χ1n) is 9.98. The van der Waals surface area contributed by atoms with Gasteiger partial charge in [0.1, 0.15) is 5.75 Å². The average molecular weight is 407 g/mol. The summed E-state index contributed by atoms with van der Waals surface area (Å²) in [6.45, 7) is 2.21. The molecule has 0 bridgehead atoms. The Kier molecular flexibility index (Phi) is 8.80. The van der Waals surface area contributed by atoms with Crippen LogP contribution in [0.2, 0.25) is 0 Å². The molecule has 154 valence electrons. The van der Waals surface area contributed by atoms with E-state index in [4.69, 9.17) is 4.74 Å². The van der Waals surface area contributed by atoms with E-state index in [-0.39, 0.29) is 16.4 Å². The number of aryl methyl sites for hydroxylation is 1. The van der Waals surface area contributed by atoms with Gasteiger partial charge in [-0.25, -0.2) is 0 Å². The van der Waals surface area contributed by atoms with Gasteiger partial charge in [0.25, 0.3) is 10.1 Å². The predicted molar refractivity (Wildman–Crippen MR) is 111 cm³/mol. The van der Waals surface area contributed by atoms with Crippen molar-refractivity contribution in [3.05, 3.63) is 48.0 Å². The molecule has 5 nitrogen and oxygen atoms in total. The quantitative estimate of drug-likeness (QED) is 0.328. The van der Waals surface area contributed by atoms with Crippen LogP contribution in [0, 0.1) is 0 Å². The molecule has 2 aromatic carbocycles. The number of rotatable bonds is 12. The van der Waals surface area contributed by atoms with Crippen LogP contribution in [0.4, 0.5) is 0 Å². The Labute approximate surface area is 168 Å². The van der Waals surface area contributed by atoms with Crippen LogP contribution in [0.25, 0.3) is 0 Å². The summed E-state index contributed by atoms with van der Waals surface area (Å²) in [6, 6.07) is 10.9. The van der Waals surface area contributed by atoms with Crippen LogP contribution in [-0.4, -0.2) is 18.1 Å². The Hall–Kier alpha value is -2.05. The fourth-order valence-corrected chi connectivity index (χ4v) is 3.60. The first kappa shape index (κ1) is 22.2. The maximum absolute atomic E-state index is 11.5. The van der Waals surface area contributed by atoms with Gasteiger partial charge < -0.3 is 9.84 Å². The largest absolute Gasteiger partial charge is 0.504 e.